The number of morpholine rings is 1. The Morgan fingerprint density at radius 2 is 1.69 bits per heavy atom. The van der Waals surface area contributed by atoms with Crippen LogP contribution in [-0.4, -0.2) is 60.2 Å². The summed E-state index contributed by atoms with van der Waals surface area (Å²) in [5.74, 6) is -0.395. The number of hydrogen-bond acceptors (Lipinski definition) is 8. The number of fused-ring (bicyclic) bond motifs is 1. The van der Waals surface area contributed by atoms with Gasteiger partial charge >= 0.3 is 0 Å². The Balaban J connectivity index is 1.26. The van der Waals surface area contributed by atoms with Crippen LogP contribution in [-0.2, 0) is 19.6 Å². The van der Waals surface area contributed by atoms with E-state index in [1.807, 2.05) is 66.0 Å². The maximum atomic E-state index is 13.9. The number of thiophene rings is 1. The molecule has 0 unspecified atom stereocenters. The minimum Gasteiger partial charge on any atom is -0.379 e. The van der Waals surface area contributed by atoms with Gasteiger partial charge < -0.3 is 10.1 Å². The number of sulfonamides is 1. The molecule has 0 saturated carbocycles. The summed E-state index contributed by atoms with van der Waals surface area (Å²) in [6.45, 7) is 1.26. The highest BCUT2D eigenvalue weighted by Gasteiger charge is 2.26. The van der Waals surface area contributed by atoms with E-state index in [-0.39, 0.29) is 35.2 Å². The van der Waals surface area contributed by atoms with Gasteiger partial charge in [-0.15, -0.1) is 11.3 Å². The number of amides is 1. The van der Waals surface area contributed by atoms with Crippen molar-refractivity contribution < 1.29 is 17.9 Å². The monoisotopic (exact) mass is 618 g/mol. The van der Waals surface area contributed by atoms with Gasteiger partial charge in [-0.05, 0) is 35.9 Å². The number of para-hydroxylation sites is 1. The first-order valence-corrected chi connectivity index (χ1v) is 16.5. The van der Waals surface area contributed by atoms with Gasteiger partial charge in [-0.25, -0.2) is 13.4 Å². The molecule has 0 bridgehead atoms. The Bertz CT molecular complexity index is 1900. The van der Waals surface area contributed by atoms with Crippen molar-refractivity contribution in [3.63, 3.8) is 0 Å². The summed E-state index contributed by atoms with van der Waals surface area (Å²) in [7, 11) is -3.71. The van der Waals surface area contributed by atoms with Crippen LogP contribution in [0.4, 0.5) is 5.69 Å². The topological polar surface area (TPSA) is 111 Å². The molecule has 5 aromatic rings. The van der Waals surface area contributed by atoms with Gasteiger partial charge in [-0.2, -0.15) is 4.31 Å². The SMILES string of the molecule is O=C(CSc1nc2scc(-c3ccccc3)c2c(=O)n1-c1ccccc1)Nc1cccc(S(=O)(=O)N2CCOCC2)c1. The minimum atomic E-state index is -3.71. The number of aromatic nitrogens is 2. The normalized spacial score (nSPS) is 14.2. The lowest BCUT2D eigenvalue weighted by atomic mass is 10.1. The van der Waals surface area contributed by atoms with Crippen LogP contribution in [0.5, 0.6) is 0 Å². The molecule has 12 heteroatoms. The molecule has 1 saturated heterocycles. The van der Waals surface area contributed by atoms with Crippen LogP contribution >= 0.6 is 23.1 Å². The zero-order chi connectivity index (χ0) is 29.1. The highest BCUT2D eigenvalue weighted by Crippen LogP contribution is 2.33. The maximum absolute atomic E-state index is 13.9. The fourth-order valence-electron chi connectivity index (χ4n) is 4.70. The highest BCUT2D eigenvalue weighted by atomic mass is 32.2. The summed E-state index contributed by atoms with van der Waals surface area (Å²) in [4.78, 5) is 32.5. The van der Waals surface area contributed by atoms with Gasteiger partial charge in [-0.3, -0.25) is 14.2 Å². The molecule has 1 fully saturated rings. The van der Waals surface area contributed by atoms with Crippen molar-refractivity contribution in [2.24, 2.45) is 0 Å². The first-order valence-electron chi connectivity index (χ1n) is 13.2. The highest BCUT2D eigenvalue weighted by molar-refractivity contribution is 7.99. The van der Waals surface area contributed by atoms with Crippen LogP contribution in [0.3, 0.4) is 0 Å². The molecule has 0 aliphatic carbocycles. The van der Waals surface area contributed by atoms with E-state index in [2.05, 4.69) is 5.32 Å². The number of nitrogens with one attached hydrogen (secondary N) is 1. The molecular weight excluding hydrogens is 593 g/mol. The molecule has 0 spiro atoms. The Morgan fingerprint density at radius 3 is 2.43 bits per heavy atom. The fourth-order valence-corrected chi connectivity index (χ4v) is 7.96. The van der Waals surface area contributed by atoms with Gasteiger partial charge in [0.2, 0.25) is 15.9 Å². The van der Waals surface area contributed by atoms with Crippen molar-refractivity contribution in [3.05, 3.63) is 101 Å². The van der Waals surface area contributed by atoms with Crippen molar-refractivity contribution in [2.75, 3.05) is 37.4 Å². The van der Waals surface area contributed by atoms with Gasteiger partial charge in [0.05, 0.1) is 34.9 Å². The van der Waals surface area contributed by atoms with E-state index in [0.29, 0.717) is 40.0 Å². The van der Waals surface area contributed by atoms with Gasteiger partial charge in [0, 0.05) is 29.7 Å². The maximum Gasteiger partial charge on any atom is 0.268 e. The molecule has 1 aliphatic heterocycles. The number of nitrogens with zero attached hydrogens (tertiary/aromatic N) is 3. The minimum absolute atomic E-state index is 0.0395. The molecule has 214 valence electrons. The average molecular weight is 619 g/mol. The Kier molecular flexibility index (Phi) is 8.22. The number of ether oxygens (including phenoxy) is 1. The van der Waals surface area contributed by atoms with Crippen LogP contribution in [0.15, 0.2) is 105 Å². The summed E-state index contributed by atoms with van der Waals surface area (Å²) in [6, 6.07) is 25.1. The van der Waals surface area contributed by atoms with E-state index in [1.165, 1.54) is 32.3 Å². The van der Waals surface area contributed by atoms with E-state index in [0.717, 1.165) is 22.9 Å². The van der Waals surface area contributed by atoms with E-state index < -0.39 is 10.0 Å². The second kappa shape index (κ2) is 12.2. The lowest BCUT2D eigenvalue weighted by molar-refractivity contribution is -0.113. The van der Waals surface area contributed by atoms with Crippen molar-refractivity contribution in [1.29, 1.82) is 0 Å². The second-order valence-corrected chi connectivity index (χ2v) is 13.2. The lowest BCUT2D eigenvalue weighted by Gasteiger charge is -2.26. The molecule has 2 aromatic heterocycles. The molecule has 42 heavy (non-hydrogen) atoms. The number of rotatable bonds is 8. The third kappa shape index (κ3) is 5.76. The molecule has 1 N–H and O–H groups in total. The Morgan fingerprint density at radius 1 is 0.976 bits per heavy atom. The first kappa shape index (κ1) is 28.3. The molecule has 0 atom stereocenters. The van der Waals surface area contributed by atoms with Crippen LogP contribution in [0, 0.1) is 0 Å². The molecule has 9 nitrogen and oxygen atoms in total. The molecule has 1 amide bonds. The smallest absolute Gasteiger partial charge is 0.268 e. The number of anilines is 1. The molecule has 3 heterocycles. The van der Waals surface area contributed by atoms with E-state index in [9.17, 15) is 18.0 Å². The van der Waals surface area contributed by atoms with Crippen LogP contribution in [0.2, 0.25) is 0 Å². The zero-order valence-electron chi connectivity index (χ0n) is 22.3. The molecule has 3 aromatic carbocycles. The summed E-state index contributed by atoms with van der Waals surface area (Å²) in [5, 5.41) is 5.64. The number of thioether (sulfide) groups is 1. The van der Waals surface area contributed by atoms with Gasteiger partial charge in [0.1, 0.15) is 4.83 Å². The van der Waals surface area contributed by atoms with Crippen molar-refractivity contribution >= 4 is 54.9 Å². The van der Waals surface area contributed by atoms with Crippen molar-refractivity contribution in [2.45, 2.75) is 10.1 Å². The molecule has 6 rings (SSSR count). The quantitative estimate of drug-likeness (QED) is 0.195. The van der Waals surface area contributed by atoms with Gasteiger partial charge in [0.15, 0.2) is 5.16 Å². The second-order valence-electron chi connectivity index (χ2n) is 9.45. The number of hydrogen-bond donors (Lipinski definition) is 1. The van der Waals surface area contributed by atoms with E-state index >= 15 is 0 Å². The van der Waals surface area contributed by atoms with Crippen LogP contribution in [0.1, 0.15) is 0 Å². The van der Waals surface area contributed by atoms with E-state index in [1.54, 1.807) is 12.1 Å². The zero-order valence-corrected chi connectivity index (χ0v) is 24.8. The summed E-state index contributed by atoms with van der Waals surface area (Å²) >= 11 is 2.53. The third-order valence-electron chi connectivity index (χ3n) is 6.73. The summed E-state index contributed by atoms with van der Waals surface area (Å²) in [5.41, 5.74) is 2.55. The molecular formula is C30H26N4O5S3. The Hall–Kier alpha value is -3.81. The van der Waals surface area contributed by atoms with Gasteiger partial charge in [0.25, 0.3) is 5.56 Å². The number of carbonyl (C=O) groups is 1. The molecule has 1 aliphatic rings. The summed E-state index contributed by atoms with van der Waals surface area (Å²) < 4.78 is 34.3. The lowest BCUT2D eigenvalue weighted by Crippen LogP contribution is -2.40. The van der Waals surface area contributed by atoms with Crippen LogP contribution < -0.4 is 10.9 Å². The number of carbonyl (C=O) groups excluding carboxylic acids is 1. The predicted molar refractivity (Wildman–Crippen MR) is 166 cm³/mol. The Labute approximate surface area is 250 Å². The van der Waals surface area contributed by atoms with Crippen molar-refractivity contribution in [3.8, 4) is 16.8 Å². The summed E-state index contributed by atoms with van der Waals surface area (Å²) in [6.07, 6.45) is 0. The number of benzene rings is 3. The first-order chi connectivity index (χ1) is 20.4. The average Bonchev–Trinajstić information content (AvgIpc) is 3.46. The largest absolute Gasteiger partial charge is 0.379 e. The molecule has 0 radical (unpaired) electrons. The van der Waals surface area contributed by atoms with Crippen molar-refractivity contribution in [1.82, 2.24) is 13.9 Å². The standard InChI is InChI=1S/C30H26N4O5S3/c35-26(31-22-10-7-13-24(18-22)42(37,38)33-14-16-39-17-15-33)20-41-30-32-28-27(25(19-40-28)21-8-3-1-4-9-21)29(36)34(30)23-11-5-2-6-12-23/h1-13,18-19H,14-17,20H2,(H,31,35). The third-order valence-corrected chi connectivity index (χ3v) is 10.4. The fraction of sp³-hybridized carbons (Fsp3) is 0.167. The van der Waals surface area contributed by atoms with Crippen LogP contribution in [0.25, 0.3) is 27.0 Å². The predicted octanol–water partition coefficient (Wildman–Crippen LogP) is 4.87. The van der Waals surface area contributed by atoms with Gasteiger partial charge in [-0.1, -0.05) is 66.4 Å². The van der Waals surface area contributed by atoms with E-state index in [4.69, 9.17) is 9.72 Å².